The number of nitrogens with one attached hydrogen (secondary N) is 1. The van der Waals surface area contributed by atoms with E-state index in [-0.39, 0.29) is 12.5 Å². The number of hydrogen-bond donors (Lipinski definition) is 1. The summed E-state index contributed by atoms with van der Waals surface area (Å²) in [4.78, 5) is 17.2. The Balaban J connectivity index is 1.24. The molecule has 0 unspecified atom stereocenters. The van der Waals surface area contributed by atoms with Crippen molar-refractivity contribution in [3.05, 3.63) is 59.7 Å². The standard InChI is InChI=1S/C24H31N3O2S2/c1-26-10-12-27(13-11-26)17-19-4-2-5-21(16-19)25-23(28)18-29-22-8-6-20(7-9-22)24-30-14-3-15-31-24/h2,4-9,16,24H,3,10-15,17-18H2,1H3,(H,25,28). The van der Waals surface area contributed by atoms with E-state index in [9.17, 15) is 4.79 Å². The van der Waals surface area contributed by atoms with Gasteiger partial charge in [-0.25, -0.2) is 0 Å². The molecule has 2 aliphatic heterocycles. The number of nitrogens with zero attached hydrogens (tertiary/aromatic N) is 2. The van der Waals surface area contributed by atoms with Crippen LogP contribution in [0.15, 0.2) is 48.5 Å². The summed E-state index contributed by atoms with van der Waals surface area (Å²) in [5, 5.41) is 2.96. The van der Waals surface area contributed by atoms with Gasteiger partial charge in [-0.05, 0) is 60.4 Å². The first kappa shape index (κ1) is 22.5. The van der Waals surface area contributed by atoms with Crippen LogP contribution in [0.1, 0.15) is 22.1 Å². The maximum absolute atomic E-state index is 12.4. The first-order valence-electron chi connectivity index (χ1n) is 10.9. The number of ether oxygens (including phenoxy) is 1. The summed E-state index contributed by atoms with van der Waals surface area (Å²) in [6.45, 7) is 5.29. The molecule has 0 spiro atoms. The fourth-order valence-electron chi connectivity index (χ4n) is 3.76. The van der Waals surface area contributed by atoms with Gasteiger partial charge in [0.25, 0.3) is 5.91 Å². The van der Waals surface area contributed by atoms with Crippen molar-refractivity contribution in [3.63, 3.8) is 0 Å². The van der Waals surface area contributed by atoms with Crippen LogP contribution < -0.4 is 10.1 Å². The SMILES string of the molecule is CN1CCN(Cc2cccc(NC(=O)COc3ccc(C4SCCCS4)cc3)c2)CC1. The molecule has 0 atom stereocenters. The van der Waals surface area contributed by atoms with Gasteiger partial charge in [0.05, 0.1) is 4.58 Å². The average Bonchev–Trinajstić information content (AvgIpc) is 2.80. The summed E-state index contributed by atoms with van der Waals surface area (Å²) < 4.78 is 6.22. The van der Waals surface area contributed by atoms with Crippen molar-refractivity contribution in [1.29, 1.82) is 0 Å². The second-order valence-electron chi connectivity index (χ2n) is 8.11. The predicted octanol–water partition coefficient (Wildman–Crippen LogP) is 4.32. The van der Waals surface area contributed by atoms with E-state index in [0.29, 0.717) is 4.58 Å². The minimum Gasteiger partial charge on any atom is -0.484 e. The van der Waals surface area contributed by atoms with Gasteiger partial charge in [0.2, 0.25) is 0 Å². The van der Waals surface area contributed by atoms with Crippen LogP contribution in [0.3, 0.4) is 0 Å². The summed E-state index contributed by atoms with van der Waals surface area (Å²) in [6.07, 6.45) is 1.29. The number of likely N-dealkylation sites (N-methyl/N-ethyl adjacent to an activating group) is 1. The Kier molecular flexibility index (Phi) is 8.19. The summed E-state index contributed by atoms with van der Waals surface area (Å²) in [7, 11) is 2.17. The van der Waals surface area contributed by atoms with E-state index < -0.39 is 0 Å². The number of carbonyl (C=O) groups is 1. The molecule has 2 aromatic rings. The van der Waals surface area contributed by atoms with Crippen molar-refractivity contribution in [1.82, 2.24) is 9.80 Å². The number of amides is 1. The number of benzene rings is 2. The molecular weight excluding hydrogens is 426 g/mol. The Labute approximate surface area is 193 Å². The fraction of sp³-hybridized carbons (Fsp3) is 0.458. The molecule has 1 N–H and O–H groups in total. The summed E-state index contributed by atoms with van der Waals surface area (Å²) >= 11 is 4.01. The van der Waals surface area contributed by atoms with Crippen LogP contribution in [0.4, 0.5) is 5.69 Å². The van der Waals surface area contributed by atoms with Gasteiger partial charge in [0.1, 0.15) is 5.75 Å². The molecule has 2 fully saturated rings. The van der Waals surface area contributed by atoms with Gasteiger partial charge < -0.3 is 15.0 Å². The molecule has 5 nitrogen and oxygen atoms in total. The van der Waals surface area contributed by atoms with Crippen LogP contribution in [0, 0.1) is 0 Å². The molecule has 7 heteroatoms. The molecular formula is C24H31N3O2S2. The lowest BCUT2D eigenvalue weighted by molar-refractivity contribution is -0.118. The molecule has 0 aliphatic carbocycles. The minimum atomic E-state index is -0.140. The first-order chi connectivity index (χ1) is 15.2. The molecule has 2 aliphatic rings. The van der Waals surface area contributed by atoms with Crippen molar-refractivity contribution in [3.8, 4) is 5.75 Å². The van der Waals surface area contributed by atoms with E-state index >= 15 is 0 Å². The van der Waals surface area contributed by atoms with Crippen LogP contribution in [0.25, 0.3) is 0 Å². The normalized spacial score (nSPS) is 18.6. The van der Waals surface area contributed by atoms with E-state index in [2.05, 4.69) is 46.4 Å². The molecule has 2 saturated heterocycles. The molecule has 2 aromatic carbocycles. The maximum atomic E-state index is 12.4. The molecule has 0 radical (unpaired) electrons. The van der Waals surface area contributed by atoms with Crippen LogP contribution in [0.5, 0.6) is 5.75 Å². The van der Waals surface area contributed by atoms with Crippen LogP contribution in [0.2, 0.25) is 0 Å². The van der Waals surface area contributed by atoms with E-state index in [1.54, 1.807) is 0 Å². The summed E-state index contributed by atoms with van der Waals surface area (Å²) in [5.74, 6) is 3.05. The van der Waals surface area contributed by atoms with Gasteiger partial charge in [-0.3, -0.25) is 9.69 Å². The molecule has 4 rings (SSSR count). The Hall–Kier alpha value is -1.67. The van der Waals surface area contributed by atoms with Gasteiger partial charge in [0, 0.05) is 38.4 Å². The van der Waals surface area contributed by atoms with Gasteiger partial charge in [-0.1, -0.05) is 24.3 Å². The number of piperazine rings is 1. The van der Waals surface area contributed by atoms with E-state index in [1.165, 1.54) is 29.1 Å². The number of hydrogen-bond acceptors (Lipinski definition) is 6. The quantitative estimate of drug-likeness (QED) is 0.668. The van der Waals surface area contributed by atoms with Gasteiger partial charge in [-0.2, -0.15) is 0 Å². The second-order valence-corrected chi connectivity index (χ2v) is 10.8. The zero-order chi connectivity index (χ0) is 21.5. The lowest BCUT2D eigenvalue weighted by atomic mass is 10.1. The fourth-order valence-corrected chi connectivity index (χ4v) is 6.65. The van der Waals surface area contributed by atoms with Gasteiger partial charge >= 0.3 is 0 Å². The lowest BCUT2D eigenvalue weighted by Crippen LogP contribution is -2.43. The van der Waals surface area contributed by atoms with Crippen LogP contribution in [-0.2, 0) is 11.3 Å². The zero-order valence-corrected chi connectivity index (χ0v) is 19.7. The van der Waals surface area contributed by atoms with Crippen molar-refractivity contribution in [2.75, 3.05) is 56.7 Å². The van der Waals surface area contributed by atoms with Crippen molar-refractivity contribution in [2.45, 2.75) is 17.5 Å². The molecule has 1 amide bonds. The summed E-state index contributed by atoms with van der Waals surface area (Å²) in [5.41, 5.74) is 3.36. The molecule has 0 bridgehead atoms. The second kappa shape index (κ2) is 11.3. The number of carbonyl (C=O) groups excluding carboxylic acids is 1. The van der Waals surface area contributed by atoms with E-state index in [1.807, 2.05) is 47.8 Å². The first-order valence-corrected chi connectivity index (χ1v) is 13.0. The third-order valence-electron chi connectivity index (χ3n) is 5.56. The molecule has 2 heterocycles. The smallest absolute Gasteiger partial charge is 0.262 e. The van der Waals surface area contributed by atoms with Crippen molar-refractivity contribution >= 4 is 35.1 Å². The van der Waals surface area contributed by atoms with E-state index in [4.69, 9.17) is 4.74 Å². The Bertz CT molecular complexity index is 848. The molecule has 31 heavy (non-hydrogen) atoms. The minimum absolute atomic E-state index is 0.00889. The monoisotopic (exact) mass is 457 g/mol. The Morgan fingerprint density at radius 2 is 1.81 bits per heavy atom. The summed E-state index contributed by atoms with van der Waals surface area (Å²) in [6, 6.07) is 16.3. The Morgan fingerprint density at radius 1 is 1.06 bits per heavy atom. The predicted molar refractivity (Wildman–Crippen MR) is 132 cm³/mol. The Morgan fingerprint density at radius 3 is 2.55 bits per heavy atom. The van der Waals surface area contributed by atoms with Crippen LogP contribution >= 0.6 is 23.5 Å². The third-order valence-corrected chi connectivity index (χ3v) is 8.58. The maximum Gasteiger partial charge on any atom is 0.262 e. The highest BCUT2D eigenvalue weighted by atomic mass is 32.2. The highest BCUT2D eigenvalue weighted by molar-refractivity contribution is 8.16. The van der Waals surface area contributed by atoms with Crippen molar-refractivity contribution < 1.29 is 9.53 Å². The largest absolute Gasteiger partial charge is 0.484 e. The molecule has 166 valence electrons. The highest BCUT2D eigenvalue weighted by Crippen LogP contribution is 2.43. The topological polar surface area (TPSA) is 44.8 Å². The van der Waals surface area contributed by atoms with E-state index in [0.717, 1.165) is 44.2 Å². The van der Waals surface area contributed by atoms with Gasteiger partial charge in [-0.15, -0.1) is 23.5 Å². The lowest BCUT2D eigenvalue weighted by Gasteiger charge is -2.32. The average molecular weight is 458 g/mol. The zero-order valence-electron chi connectivity index (χ0n) is 18.1. The van der Waals surface area contributed by atoms with Crippen LogP contribution in [-0.4, -0.2) is 67.0 Å². The molecule has 0 aromatic heterocycles. The van der Waals surface area contributed by atoms with Gasteiger partial charge in [0.15, 0.2) is 6.61 Å². The number of thioether (sulfide) groups is 2. The number of rotatable bonds is 7. The highest BCUT2D eigenvalue weighted by Gasteiger charge is 2.17. The van der Waals surface area contributed by atoms with Crippen molar-refractivity contribution in [2.24, 2.45) is 0 Å². The third kappa shape index (κ3) is 6.91. The number of anilines is 1. The molecule has 0 saturated carbocycles.